The van der Waals surface area contributed by atoms with E-state index in [1.807, 2.05) is 24.6 Å². The maximum Gasteiger partial charge on any atom is 0.141 e. The fourth-order valence-electron chi connectivity index (χ4n) is 2.02. The third kappa shape index (κ3) is 2.62. The molecule has 2 aromatic heterocycles. The second-order valence-corrected chi connectivity index (χ2v) is 5.92. The largest absolute Gasteiger partial charge is 0.378 e. The Morgan fingerprint density at radius 3 is 2.95 bits per heavy atom. The van der Waals surface area contributed by atoms with Crippen LogP contribution in [0.2, 0.25) is 5.02 Å². The second kappa shape index (κ2) is 5.38. The van der Waals surface area contributed by atoms with E-state index in [4.69, 9.17) is 11.6 Å². The van der Waals surface area contributed by atoms with E-state index in [1.54, 1.807) is 23.5 Å². The van der Waals surface area contributed by atoms with Crippen molar-refractivity contribution in [3.8, 4) is 0 Å². The molecule has 0 aliphatic heterocycles. The normalized spacial score (nSPS) is 12.6. The fraction of sp³-hybridized carbons (Fsp3) is 0.133. The summed E-state index contributed by atoms with van der Waals surface area (Å²) in [5.41, 5.74) is 2.88. The average Bonchev–Trinajstić information content (AvgIpc) is 2.90. The minimum absolute atomic E-state index is 0.0653. The zero-order valence-electron chi connectivity index (χ0n) is 10.7. The maximum absolute atomic E-state index is 13.1. The highest BCUT2D eigenvalue weighted by Gasteiger charge is 2.09. The van der Waals surface area contributed by atoms with Gasteiger partial charge in [-0.05, 0) is 48.2 Å². The summed E-state index contributed by atoms with van der Waals surface area (Å²) in [6.07, 6.45) is 1.86. The summed E-state index contributed by atoms with van der Waals surface area (Å²) in [5, 5.41) is 5.44. The summed E-state index contributed by atoms with van der Waals surface area (Å²) >= 11 is 7.45. The molecule has 3 rings (SSSR count). The van der Waals surface area contributed by atoms with Crippen LogP contribution in [0, 0.1) is 5.82 Å². The van der Waals surface area contributed by atoms with Gasteiger partial charge in [0.15, 0.2) is 0 Å². The van der Waals surface area contributed by atoms with Gasteiger partial charge in [0.25, 0.3) is 0 Å². The predicted octanol–water partition coefficient (Wildman–Crippen LogP) is 5.26. The molecule has 20 heavy (non-hydrogen) atoms. The maximum atomic E-state index is 13.1. The van der Waals surface area contributed by atoms with Crippen LogP contribution in [0.5, 0.6) is 0 Å². The van der Waals surface area contributed by atoms with Crippen LogP contribution in [0.15, 0.2) is 41.9 Å². The molecule has 1 N–H and O–H groups in total. The molecule has 102 valence electrons. The monoisotopic (exact) mass is 306 g/mol. The summed E-state index contributed by atoms with van der Waals surface area (Å²) in [4.78, 5) is 4.42. The molecular formula is C15H12ClFN2S. The number of aromatic nitrogens is 1. The number of halogens is 2. The van der Waals surface area contributed by atoms with Gasteiger partial charge in [-0.3, -0.25) is 4.98 Å². The summed E-state index contributed by atoms with van der Waals surface area (Å²) in [5.74, 6) is -0.411. The fourth-order valence-corrected chi connectivity index (χ4v) is 2.99. The van der Waals surface area contributed by atoms with Crippen LogP contribution in [0.3, 0.4) is 0 Å². The van der Waals surface area contributed by atoms with Crippen molar-refractivity contribution in [3.05, 3.63) is 58.3 Å². The SMILES string of the molecule is CC(Nc1ccc(F)c(Cl)c1)c1cnc2ccsc2c1. The average molecular weight is 307 g/mol. The number of anilines is 1. The number of nitrogens with one attached hydrogen (secondary N) is 1. The summed E-state index contributed by atoms with van der Waals surface area (Å²) in [7, 11) is 0. The Morgan fingerprint density at radius 2 is 2.15 bits per heavy atom. The molecule has 1 atom stereocenters. The first-order valence-corrected chi connectivity index (χ1v) is 7.44. The van der Waals surface area contributed by atoms with Crippen LogP contribution in [0.25, 0.3) is 10.2 Å². The van der Waals surface area contributed by atoms with Crippen molar-refractivity contribution in [1.82, 2.24) is 4.98 Å². The molecule has 0 spiro atoms. The lowest BCUT2D eigenvalue weighted by molar-refractivity contribution is 0.628. The highest BCUT2D eigenvalue weighted by atomic mass is 35.5. The molecule has 3 aromatic rings. The summed E-state index contributed by atoms with van der Waals surface area (Å²) in [6, 6.07) is 8.81. The van der Waals surface area contributed by atoms with E-state index in [0.717, 1.165) is 21.5 Å². The predicted molar refractivity (Wildman–Crippen MR) is 83.1 cm³/mol. The van der Waals surface area contributed by atoms with Crippen molar-refractivity contribution in [2.45, 2.75) is 13.0 Å². The lowest BCUT2D eigenvalue weighted by Gasteiger charge is -2.15. The van der Waals surface area contributed by atoms with Gasteiger partial charge in [-0.2, -0.15) is 0 Å². The number of rotatable bonds is 3. The van der Waals surface area contributed by atoms with Gasteiger partial charge in [0, 0.05) is 11.9 Å². The smallest absolute Gasteiger partial charge is 0.141 e. The molecular weight excluding hydrogens is 295 g/mol. The lowest BCUT2D eigenvalue weighted by Crippen LogP contribution is -2.06. The van der Waals surface area contributed by atoms with Crippen LogP contribution in [0.4, 0.5) is 10.1 Å². The number of hydrogen-bond donors (Lipinski definition) is 1. The van der Waals surface area contributed by atoms with E-state index >= 15 is 0 Å². The van der Waals surface area contributed by atoms with Crippen LogP contribution >= 0.6 is 22.9 Å². The van der Waals surface area contributed by atoms with E-state index in [-0.39, 0.29) is 11.1 Å². The quantitative estimate of drug-likeness (QED) is 0.713. The second-order valence-electron chi connectivity index (χ2n) is 4.57. The Kier molecular flexibility index (Phi) is 3.59. The van der Waals surface area contributed by atoms with E-state index in [1.165, 1.54) is 6.07 Å². The van der Waals surface area contributed by atoms with Crippen molar-refractivity contribution >= 4 is 38.8 Å². The number of hydrogen-bond acceptors (Lipinski definition) is 3. The highest BCUT2D eigenvalue weighted by Crippen LogP contribution is 2.26. The first kappa shape index (κ1) is 13.3. The molecule has 1 aromatic carbocycles. The highest BCUT2D eigenvalue weighted by molar-refractivity contribution is 7.17. The summed E-state index contributed by atoms with van der Waals surface area (Å²) < 4.78 is 14.3. The third-order valence-corrected chi connectivity index (χ3v) is 4.27. The van der Waals surface area contributed by atoms with Crippen molar-refractivity contribution in [2.24, 2.45) is 0 Å². The molecule has 1 unspecified atom stereocenters. The first-order valence-electron chi connectivity index (χ1n) is 6.18. The Balaban J connectivity index is 1.84. The lowest BCUT2D eigenvalue weighted by atomic mass is 10.1. The van der Waals surface area contributed by atoms with Crippen LogP contribution in [0.1, 0.15) is 18.5 Å². The van der Waals surface area contributed by atoms with Crippen LogP contribution in [-0.4, -0.2) is 4.98 Å². The van der Waals surface area contributed by atoms with E-state index in [9.17, 15) is 4.39 Å². The number of nitrogens with zero attached hydrogens (tertiary/aromatic N) is 1. The minimum atomic E-state index is -0.411. The first-order chi connectivity index (χ1) is 9.63. The molecule has 0 fully saturated rings. The van der Waals surface area contributed by atoms with Gasteiger partial charge in [-0.25, -0.2) is 4.39 Å². The topological polar surface area (TPSA) is 24.9 Å². The number of benzene rings is 1. The van der Waals surface area contributed by atoms with E-state index < -0.39 is 5.82 Å². The number of thiophene rings is 1. The molecule has 5 heteroatoms. The minimum Gasteiger partial charge on any atom is -0.378 e. The van der Waals surface area contributed by atoms with Gasteiger partial charge in [0.2, 0.25) is 0 Å². The summed E-state index contributed by atoms with van der Waals surface area (Å²) in [6.45, 7) is 2.04. The molecule has 2 nitrogen and oxygen atoms in total. The Bertz CT molecular complexity index is 756. The molecule has 0 aliphatic rings. The van der Waals surface area contributed by atoms with E-state index in [2.05, 4.69) is 16.4 Å². The molecule has 0 aliphatic carbocycles. The number of fused-ring (bicyclic) bond motifs is 1. The Hall–Kier alpha value is -1.65. The Morgan fingerprint density at radius 1 is 1.30 bits per heavy atom. The molecule has 0 radical (unpaired) electrons. The van der Waals surface area contributed by atoms with Crippen molar-refractivity contribution in [3.63, 3.8) is 0 Å². The molecule has 2 heterocycles. The van der Waals surface area contributed by atoms with Crippen molar-refractivity contribution in [2.75, 3.05) is 5.32 Å². The molecule has 0 saturated heterocycles. The zero-order chi connectivity index (χ0) is 14.1. The van der Waals surface area contributed by atoms with Gasteiger partial charge in [0.05, 0.1) is 21.3 Å². The number of pyridine rings is 1. The van der Waals surface area contributed by atoms with Crippen LogP contribution < -0.4 is 5.32 Å². The van der Waals surface area contributed by atoms with Gasteiger partial charge < -0.3 is 5.32 Å². The van der Waals surface area contributed by atoms with Crippen LogP contribution in [-0.2, 0) is 0 Å². The van der Waals surface area contributed by atoms with Crippen molar-refractivity contribution in [1.29, 1.82) is 0 Å². The molecule has 0 bridgehead atoms. The Labute approximate surface area is 125 Å². The van der Waals surface area contributed by atoms with Gasteiger partial charge in [-0.15, -0.1) is 11.3 Å². The molecule has 0 saturated carbocycles. The van der Waals surface area contributed by atoms with Gasteiger partial charge in [-0.1, -0.05) is 11.6 Å². The van der Waals surface area contributed by atoms with Gasteiger partial charge >= 0.3 is 0 Å². The van der Waals surface area contributed by atoms with Gasteiger partial charge in [0.1, 0.15) is 5.82 Å². The standard InChI is InChI=1S/C15H12ClFN2S/c1-9(19-11-2-3-13(17)12(16)7-11)10-6-15-14(18-8-10)4-5-20-15/h2-9,19H,1H3. The molecule has 0 amide bonds. The zero-order valence-corrected chi connectivity index (χ0v) is 12.3. The van der Waals surface area contributed by atoms with E-state index in [0.29, 0.717) is 0 Å². The van der Waals surface area contributed by atoms with Crippen molar-refractivity contribution < 1.29 is 4.39 Å². The third-order valence-electron chi connectivity index (χ3n) is 3.13.